The average Bonchev–Trinajstić information content (AvgIpc) is 3.23. The van der Waals surface area contributed by atoms with Gasteiger partial charge in [-0.25, -0.2) is 0 Å². The number of methoxy groups -OCH3 is 2. The third-order valence-electron chi connectivity index (χ3n) is 5.94. The van der Waals surface area contributed by atoms with E-state index in [1.54, 1.807) is 23.1 Å². The summed E-state index contributed by atoms with van der Waals surface area (Å²) >= 11 is 0.868. The van der Waals surface area contributed by atoms with Crippen LogP contribution in [0.15, 0.2) is 23.0 Å². The summed E-state index contributed by atoms with van der Waals surface area (Å²) in [5, 5.41) is 0.981. The van der Waals surface area contributed by atoms with Crippen molar-refractivity contribution >= 4 is 38.2 Å². The summed E-state index contributed by atoms with van der Waals surface area (Å²) in [7, 11) is -0.519. The molecular formula is C21H27N3O6S2. The van der Waals surface area contributed by atoms with Gasteiger partial charge in [-0.15, -0.1) is 0 Å². The zero-order chi connectivity index (χ0) is 22.9. The predicted molar refractivity (Wildman–Crippen MR) is 123 cm³/mol. The lowest BCUT2D eigenvalue weighted by molar-refractivity contribution is 0.0769. The molecule has 32 heavy (non-hydrogen) atoms. The summed E-state index contributed by atoms with van der Waals surface area (Å²) < 4.78 is 39.1. The number of nitrogens with zero attached hydrogens (tertiary/aromatic N) is 3. The minimum absolute atomic E-state index is 0.248. The molecule has 0 N–H and O–H groups in total. The molecule has 2 aliphatic heterocycles. The van der Waals surface area contributed by atoms with E-state index in [0.29, 0.717) is 59.7 Å². The maximum absolute atomic E-state index is 13.2. The molecule has 2 fully saturated rings. The van der Waals surface area contributed by atoms with Gasteiger partial charge in [0.2, 0.25) is 4.74 Å². The molecule has 1 amide bonds. The Hall–Kier alpha value is -2.21. The second-order valence-corrected chi connectivity index (χ2v) is 10.8. The quantitative estimate of drug-likeness (QED) is 0.646. The SMILES string of the molecule is COc1ccc2cc(C(=O)N3CCCN(S(=O)(=O)N4CCCC4)CC3)sc(=O)c2c1OC. The van der Waals surface area contributed by atoms with Crippen molar-refractivity contribution in [2.24, 2.45) is 0 Å². The van der Waals surface area contributed by atoms with E-state index >= 15 is 0 Å². The van der Waals surface area contributed by atoms with Crippen LogP contribution in [0.5, 0.6) is 11.5 Å². The van der Waals surface area contributed by atoms with E-state index in [4.69, 9.17) is 9.47 Å². The molecule has 0 spiro atoms. The molecule has 11 heteroatoms. The molecule has 0 saturated carbocycles. The van der Waals surface area contributed by atoms with Crippen LogP contribution in [0.25, 0.3) is 10.8 Å². The van der Waals surface area contributed by atoms with Gasteiger partial charge in [0.05, 0.1) is 24.5 Å². The number of carbonyl (C=O) groups excluding carboxylic acids is 1. The van der Waals surface area contributed by atoms with Crippen molar-refractivity contribution in [1.29, 1.82) is 0 Å². The topological polar surface area (TPSA) is 96.5 Å². The summed E-state index contributed by atoms with van der Waals surface area (Å²) in [5.74, 6) is 0.544. The highest BCUT2D eigenvalue weighted by Gasteiger charge is 2.33. The Morgan fingerprint density at radius 2 is 1.62 bits per heavy atom. The molecule has 1 aromatic carbocycles. The molecule has 2 aliphatic rings. The molecule has 3 heterocycles. The Morgan fingerprint density at radius 1 is 0.938 bits per heavy atom. The van der Waals surface area contributed by atoms with Gasteiger partial charge in [0.15, 0.2) is 11.5 Å². The first-order valence-electron chi connectivity index (χ1n) is 10.6. The van der Waals surface area contributed by atoms with Crippen molar-refractivity contribution in [2.75, 3.05) is 53.5 Å². The van der Waals surface area contributed by atoms with E-state index in [2.05, 4.69) is 0 Å². The van der Waals surface area contributed by atoms with Crippen molar-refractivity contribution in [3.63, 3.8) is 0 Å². The van der Waals surface area contributed by atoms with Gasteiger partial charge in [0.1, 0.15) is 0 Å². The Balaban J connectivity index is 1.56. The second kappa shape index (κ2) is 9.34. The lowest BCUT2D eigenvalue weighted by Crippen LogP contribution is -2.44. The number of rotatable bonds is 5. The second-order valence-electron chi connectivity index (χ2n) is 7.82. The molecule has 0 unspecified atom stereocenters. The first-order valence-corrected chi connectivity index (χ1v) is 12.8. The fourth-order valence-corrected chi connectivity index (χ4v) is 6.90. The lowest BCUT2D eigenvalue weighted by atomic mass is 10.1. The van der Waals surface area contributed by atoms with Crippen LogP contribution in [-0.2, 0) is 10.2 Å². The minimum atomic E-state index is -3.49. The van der Waals surface area contributed by atoms with Crippen molar-refractivity contribution in [3.05, 3.63) is 32.6 Å². The van der Waals surface area contributed by atoms with E-state index in [1.165, 1.54) is 22.8 Å². The zero-order valence-electron chi connectivity index (χ0n) is 18.2. The van der Waals surface area contributed by atoms with Gasteiger partial charge in [-0.2, -0.15) is 17.0 Å². The van der Waals surface area contributed by atoms with Gasteiger partial charge in [-0.05, 0) is 36.8 Å². The monoisotopic (exact) mass is 481 g/mol. The molecule has 2 aromatic rings. The summed E-state index contributed by atoms with van der Waals surface area (Å²) in [6.07, 6.45) is 2.32. The average molecular weight is 482 g/mol. The van der Waals surface area contributed by atoms with Crippen LogP contribution < -0.4 is 14.2 Å². The number of amides is 1. The fraction of sp³-hybridized carbons (Fsp3) is 0.524. The van der Waals surface area contributed by atoms with Gasteiger partial charge in [0.25, 0.3) is 16.1 Å². The van der Waals surface area contributed by atoms with Crippen LogP contribution in [0.3, 0.4) is 0 Å². The maximum Gasteiger partial charge on any atom is 0.282 e. The third-order valence-corrected chi connectivity index (χ3v) is 8.88. The molecule has 2 saturated heterocycles. The molecule has 0 radical (unpaired) electrons. The molecule has 0 aliphatic carbocycles. The summed E-state index contributed by atoms with van der Waals surface area (Å²) in [6.45, 7) is 2.47. The number of fused-ring (bicyclic) bond motifs is 1. The number of hydrogen-bond acceptors (Lipinski definition) is 7. The van der Waals surface area contributed by atoms with E-state index < -0.39 is 10.2 Å². The first kappa shape index (κ1) is 23.0. The smallest absolute Gasteiger partial charge is 0.282 e. The van der Waals surface area contributed by atoms with Gasteiger partial charge in [-0.3, -0.25) is 9.59 Å². The summed E-state index contributed by atoms with van der Waals surface area (Å²) in [4.78, 5) is 28.0. The Bertz CT molecular complexity index is 1170. The molecule has 0 atom stereocenters. The van der Waals surface area contributed by atoms with Crippen LogP contribution in [0.2, 0.25) is 0 Å². The third kappa shape index (κ3) is 4.21. The highest BCUT2D eigenvalue weighted by atomic mass is 32.2. The molecule has 4 rings (SSSR count). The van der Waals surface area contributed by atoms with Gasteiger partial charge in [-0.1, -0.05) is 17.4 Å². The zero-order valence-corrected chi connectivity index (χ0v) is 19.8. The molecule has 9 nitrogen and oxygen atoms in total. The van der Waals surface area contributed by atoms with E-state index in [1.807, 2.05) is 0 Å². The number of ether oxygens (including phenoxy) is 2. The summed E-state index contributed by atoms with van der Waals surface area (Å²) in [6, 6.07) is 5.12. The molecule has 1 aromatic heterocycles. The van der Waals surface area contributed by atoms with Crippen molar-refractivity contribution < 1.29 is 22.7 Å². The van der Waals surface area contributed by atoms with E-state index in [-0.39, 0.29) is 23.7 Å². The number of benzene rings is 1. The minimum Gasteiger partial charge on any atom is -0.493 e. The first-order chi connectivity index (χ1) is 15.4. The number of hydrogen-bond donors (Lipinski definition) is 0. The van der Waals surface area contributed by atoms with Gasteiger partial charge in [0, 0.05) is 39.3 Å². The Morgan fingerprint density at radius 3 is 2.31 bits per heavy atom. The van der Waals surface area contributed by atoms with Crippen LogP contribution in [0.4, 0.5) is 0 Å². The standard InChI is InChI=1S/C21H27N3O6S2/c1-29-16-7-6-15-14-17(31-21(26)18(15)19(16)30-2)20(25)22-8-5-11-24(13-12-22)32(27,28)23-9-3-4-10-23/h6-7,14H,3-5,8-13H2,1-2H3. The van der Waals surface area contributed by atoms with Crippen molar-refractivity contribution in [1.82, 2.24) is 13.5 Å². The largest absolute Gasteiger partial charge is 0.493 e. The highest BCUT2D eigenvalue weighted by Crippen LogP contribution is 2.34. The van der Waals surface area contributed by atoms with Crippen LogP contribution in [-0.4, -0.2) is 81.3 Å². The highest BCUT2D eigenvalue weighted by molar-refractivity contribution is 7.86. The van der Waals surface area contributed by atoms with E-state index in [0.717, 1.165) is 24.2 Å². The van der Waals surface area contributed by atoms with Crippen molar-refractivity contribution in [2.45, 2.75) is 19.3 Å². The Kier molecular flexibility index (Phi) is 6.70. The van der Waals surface area contributed by atoms with Crippen LogP contribution in [0.1, 0.15) is 28.9 Å². The predicted octanol–water partition coefficient (Wildman–Crippen LogP) is 1.77. The molecule has 0 bridgehead atoms. The van der Waals surface area contributed by atoms with Crippen LogP contribution >= 0.6 is 11.3 Å². The van der Waals surface area contributed by atoms with Crippen molar-refractivity contribution in [3.8, 4) is 11.5 Å². The number of carbonyl (C=O) groups is 1. The normalized spacial score (nSPS) is 18.6. The fourth-order valence-electron chi connectivity index (χ4n) is 4.27. The Labute approximate surface area is 191 Å². The van der Waals surface area contributed by atoms with Gasteiger partial charge >= 0.3 is 0 Å². The van der Waals surface area contributed by atoms with Crippen LogP contribution in [0, 0.1) is 0 Å². The lowest BCUT2D eigenvalue weighted by Gasteiger charge is -2.26. The molecule has 174 valence electrons. The molecular weight excluding hydrogens is 454 g/mol. The summed E-state index contributed by atoms with van der Waals surface area (Å²) in [5.41, 5.74) is 0. The van der Waals surface area contributed by atoms with Gasteiger partial charge < -0.3 is 14.4 Å². The maximum atomic E-state index is 13.2. The van der Waals surface area contributed by atoms with E-state index in [9.17, 15) is 18.0 Å².